The SMILES string of the molecule is COc1ccc(F)cc1S(=O)(=O)NC1CCN(c2cc(C(F)(F)F)ncn2)CC1. The maximum absolute atomic E-state index is 13.5. The summed E-state index contributed by atoms with van der Waals surface area (Å²) in [6.07, 6.45) is -3.05. The number of hydrogen-bond acceptors (Lipinski definition) is 6. The van der Waals surface area contributed by atoms with Crippen LogP contribution in [-0.2, 0) is 16.2 Å². The average Bonchev–Trinajstić information content (AvgIpc) is 2.68. The fraction of sp³-hybridized carbons (Fsp3) is 0.412. The molecule has 1 aromatic carbocycles. The Hall–Kier alpha value is -2.47. The van der Waals surface area contributed by atoms with Crippen molar-refractivity contribution in [3.63, 3.8) is 0 Å². The van der Waals surface area contributed by atoms with E-state index in [4.69, 9.17) is 4.74 Å². The molecule has 7 nitrogen and oxygen atoms in total. The summed E-state index contributed by atoms with van der Waals surface area (Å²) in [7, 11) is -2.76. The van der Waals surface area contributed by atoms with Crippen molar-refractivity contribution in [1.82, 2.24) is 14.7 Å². The Morgan fingerprint density at radius 1 is 1.17 bits per heavy atom. The first-order valence-electron chi connectivity index (χ1n) is 8.60. The van der Waals surface area contributed by atoms with Gasteiger partial charge in [-0.15, -0.1) is 0 Å². The molecule has 12 heteroatoms. The Morgan fingerprint density at radius 2 is 1.86 bits per heavy atom. The molecule has 1 fully saturated rings. The minimum Gasteiger partial charge on any atom is -0.495 e. The molecule has 0 saturated carbocycles. The van der Waals surface area contributed by atoms with Crippen LogP contribution in [-0.4, -0.2) is 44.6 Å². The van der Waals surface area contributed by atoms with Crippen LogP contribution < -0.4 is 14.4 Å². The van der Waals surface area contributed by atoms with Crippen LogP contribution in [0.2, 0.25) is 0 Å². The molecule has 0 bridgehead atoms. The number of nitrogens with zero attached hydrogens (tertiary/aromatic N) is 3. The number of benzene rings is 1. The molecule has 2 aromatic rings. The van der Waals surface area contributed by atoms with E-state index in [1.54, 1.807) is 4.90 Å². The van der Waals surface area contributed by atoms with Gasteiger partial charge in [0.2, 0.25) is 10.0 Å². The summed E-state index contributed by atoms with van der Waals surface area (Å²) >= 11 is 0. The molecule has 1 saturated heterocycles. The predicted octanol–water partition coefficient (Wildman–Crippen LogP) is 2.59. The van der Waals surface area contributed by atoms with Crippen molar-refractivity contribution in [2.24, 2.45) is 0 Å². The van der Waals surface area contributed by atoms with Gasteiger partial charge in [-0.3, -0.25) is 0 Å². The summed E-state index contributed by atoms with van der Waals surface area (Å²) in [5, 5.41) is 0. The largest absolute Gasteiger partial charge is 0.495 e. The number of ether oxygens (including phenoxy) is 1. The van der Waals surface area contributed by atoms with Crippen LogP contribution in [0.15, 0.2) is 35.5 Å². The molecule has 158 valence electrons. The summed E-state index contributed by atoms with van der Waals surface area (Å²) < 4.78 is 84.7. The molecule has 0 amide bonds. The lowest BCUT2D eigenvalue weighted by Crippen LogP contribution is -2.45. The third-order valence-electron chi connectivity index (χ3n) is 4.50. The molecule has 0 spiro atoms. The highest BCUT2D eigenvalue weighted by Gasteiger charge is 2.34. The minimum atomic E-state index is -4.57. The van der Waals surface area contributed by atoms with Crippen molar-refractivity contribution in [2.45, 2.75) is 30.0 Å². The van der Waals surface area contributed by atoms with Crippen molar-refractivity contribution in [3.8, 4) is 5.75 Å². The van der Waals surface area contributed by atoms with E-state index in [0.29, 0.717) is 25.9 Å². The molecular formula is C17H18F4N4O3S. The fourth-order valence-corrected chi connectivity index (χ4v) is 4.53. The zero-order chi connectivity index (χ0) is 21.2. The van der Waals surface area contributed by atoms with Crippen molar-refractivity contribution in [1.29, 1.82) is 0 Å². The summed E-state index contributed by atoms with van der Waals surface area (Å²) in [6, 6.07) is 3.58. The minimum absolute atomic E-state index is 0.0111. The van der Waals surface area contributed by atoms with Crippen molar-refractivity contribution < 1.29 is 30.7 Å². The van der Waals surface area contributed by atoms with Crippen LogP contribution in [0.4, 0.5) is 23.4 Å². The standard InChI is InChI=1S/C17H18F4N4O3S/c1-28-13-3-2-11(18)8-14(13)29(26,27)24-12-4-6-25(7-5-12)16-9-15(17(19,20)21)22-10-23-16/h2-3,8-10,12,24H,4-7H2,1H3. The van der Waals surface area contributed by atoms with Crippen LogP contribution in [0.3, 0.4) is 0 Å². The molecule has 0 atom stereocenters. The Morgan fingerprint density at radius 3 is 2.48 bits per heavy atom. The van der Waals surface area contributed by atoms with E-state index in [-0.39, 0.29) is 16.5 Å². The van der Waals surface area contributed by atoms with E-state index >= 15 is 0 Å². The van der Waals surface area contributed by atoms with Crippen LogP contribution in [0.25, 0.3) is 0 Å². The number of anilines is 1. The highest BCUT2D eigenvalue weighted by atomic mass is 32.2. The number of aromatic nitrogens is 2. The Bertz CT molecular complexity index is 977. The molecule has 0 unspecified atom stereocenters. The van der Waals surface area contributed by atoms with Crippen LogP contribution >= 0.6 is 0 Å². The van der Waals surface area contributed by atoms with Crippen LogP contribution in [0, 0.1) is 5.82 Å². The summed E-state index contributed by atoms with van der Waals surface area (Å²) in [4.78, 5) is 8.42. The van der Waals surface area contributed by atoms with Crippen molar-refractivity contribution >= 4 is 15.8 Å². The number of sulfonamides is 1. The Kier molecular flexibility index (Phi) is 5.94. The molecule has 1 aliphatic heterocycles. The number of halogens is 4. The first-order valence-corrected chi connectivity index (χ1v) is 10.1. The van der Waals surface area contributed by atoms with Gasteiger partial charge in [0.25, 0.3) is 0 Å². The highest BCUT2D eigenvalue weighted by molar-refractivity contribution is 7.89. The van der Waals surface area contributed by atoms with Crippen molar-refractivity contribution in [3.05, 3.63) is 42.1 Å². The second-order valence-electron chi connectivity index (χ2n) is 6.44. The zero-order valence-electron chi connectivity index (χ0n) is 15.3. The number of rotatable bonds is 5. The molecule has 1 N–H and O–H groups in total. The summed E-state index contributed by atoms with van der Waals surface area (Å²) in [5.41, 5.74) is -1.04. The Labute approximate surface area is 164 Å². The van der Waals surface area contributed by atoms with E-state index < -0.39 is 33.8 Å². The van der Waals surface area contributed by atoms with E-state index in [1.807, 2.05) is 0 Å². The number of alkyl halides is 3. The van der Waals surface area contributed by atoms with Gasteiger partial charge < -0.3 is 9.64 Å². The quantitative estimate of drug-likeness (QED) is 0.729. The third-order valence-corrected chi connectivity index (χ3v) is 6.04. The molecule has 1 aliphatic rings. The lowest BCUT2D eigenvalue weighted by atomic mass is 10.1. The molecule has 1 aromatic heterocycles. The first kappa shape index (κ1) is 21.2. The number of piperidine rings is 1. The molecule has 0 aliphatic carbocycles. The smallest absolute Gasteiger partial charge is 0.433 e. The number of methoxy groups -OCH3 is 1. The van der Waals surface area contributed by atoms with Gasteiger partial charge in [0.15, 0.2) is 0 Å². The predicted molar refractivity (Wildman–Crippen MR) is 95.5 cm³/mol. The second kappa shape index (κ2) is 8.11. The lowest BCUT2D eigenvalue weighted by Gasteiger charge is -2.33. The van der Waals surface area contributed by atoms with Gasteiger partial charge in [-0.2, -0.15) is 13.2 Å². The van der Waals surface area contributed by atoms with E-state index in [2.05, 4.69) is 14.7 Å². The van der Waals surface area contributed by atoms with Gasteiger partial charge in [0.05, 0.1) is 7.11 Å². The molecule has 3 rings (SSSR count). The maximum atomic E-state index is 13.5. The van der Waals surface area contributed by atoms with Crippen LogP contribution in [0.5, 0.6) is 5.75 Å². The molecule has 29 heavy (non-hydrogen) atoms. The average molecular weight is 434 g/mol. The lowest BCUT2D eigenvalue weighted by molar-refractivity contribution is -0.141. The zero-order valence-corrected chi connectivity index (χ0v) is 16.1. The normalized spacial score (nSPS) is 16.1. The summed E-state index contributed by atoms with van der Waals surface area (Å²) in [6.45, 7) is 0.587. The van der Waals surface area contributed by atoms with Gasteiger partial charge in [0, 0.05) is 25.2 Å². The van der Waals surface area contributed by atoms with Gasteiger partial charge in [0.1, 0.15) is 34.3 Å². The highest BCUT2D eigenvalue weighted by Crippen LogP contribution is 2.30. The monoisotopic (exact) mass is 434 g/mol. The van der Waals surface area contributed by atoms with Gasteiger partial charge in [-0.1, -0.05) is 0 Å². The van der Waals surface area contributed by atoms with Crippen molar-refractivity contribution in [2.75, 3.05) is 25.1 Å². The van der Waals surface area contributed by atoms with Gasteiger partial charge >= 0.3 is 6.18 Å². The van der Waals surface area contributed by atoms with Gasteiger partial charge in [-0.25, -0.2) is 27.5 Å². The summed E-state index contributed by atoms with van der Waals surface area (Å²) in [5.74, 6) is -0.581. The molecular weight excluding hydrogens is 416 g/mol. The fourth-order valence-electron chi connectivity index (χ4n) is 3.04. The molecule has 0 radical (unpaired) electrons. The van der Waals surface area contributed by atoms with E-state index in [1.165, 1.54) is 13.2 Å². The second-order valence-corrected chi connectivity index (χ2v) is 8.12. The number of hydrogen-bond donors (Lipinski definition) is 1. The maximum Gasteiger partial charge on any atom is 0.433 e. The first-order chi connectivity index (χ1) is 13.6. The van der Waals surface area contributed by atoms with E-state index in [0.717, 1.165) is 24.5 Å². The molecule has 2 heterocycles. The number of nitrogens with one attached hydrogen (secondary N) is 1. The topological polar surface area (TPSA) is 84.4 Å². The third kappa shape index (κ3) is 4.93. The van der Waals surface area contributed by atoms with Gasteiger partial charge in [-0.05, 0) is 31.0 Å². The van der Waals surface area contributed by atoms with E-state index in [9.17, 15) is 26.0 Å². The van der Waals surface area contributed by atoms with Crippen LogP contribution in [0.1, 0.15) is 18.5 Å². The Balaban J connectivity index is 1.68.